The molecule has 6 heteroatoms. The number of nitrogens with zero attached hydrogens (tertiary/aromatic N) is 3. The van der Waals surface area contributed by atoms with E-state index in [2.05, 4.69) is 40.8 Å². The molecule has 1 aliphatic carbocycles. The van der Waals surface area contributed by atoms with Crippen molar-refractivity contribution in [3.8, 4) is 5.75 Å². The van der Waals surface area contributed by atoms with E-state index < -0.39 is 0 Å². The summed E-state index contributed by atoms with van der Waals surface area (Å²) in [5, 5.41) is 9.50. The lowest BCUT2D eigenvalue weighted by molar-refractivity contribution is 0.0732. The summed E-state index contributed by atoms with van der Waals surface area (Å²) >= 11 is 0. The summed E-state index contributed by atoms with van der Waals surface area (Å²) in [5.41, 5.74) is 9.14. The van der Waals surface area contributed by atoms with Crippen LogP contribution in [0.5, 0.6) is 5.75 Å². The maximum Gasteiger partial charge on any atom is 0.222 e. The minimum atomic E-state index is -0.205. The van der Waals surface area contributed by atoms with Crippen LogP contribution in [-0.2, 0) is 0 Å². The van der Waals surface area contributed by atoms with Crippen molar-refractivity contribution >= 4 is 11.8 Å². The lowest BCUT2D eigenvalue weighted by Crippen LogP contribution is -2.54. The SMILES string of the molecule is Cc1cccc(C)c1OC1CN(c2cc(C3CC(O)C3)nc(N)n2)C1. The van der Waals surface area contributed by atoms with Gasteiger partial charge in [-0.3, -0.25) is 0 Å². The van der Waals surface area contributed by atoms with Gasteiger partial charge in [-0.2, -0.15) is 4.98 Å². The summed E-state index contributed by atoms with van der Waals surface area (Å²) in [6.45, 7) is 5.72. The summed E-state index contributed by atoms with van der Waals surface area (Å²) in [6, 6.07) is 8.20. The highest BCUT2D eigenvalue weighted by atomic mass is 16.5. The molecule has 1 saturated heterocycles. The number of nitrogens with two attached hydrogens (primary N) is 1. The summed E-state index contributed by atoms with van der Waals surface area (Å²) in [4.78, 5) is 10.9. The number of ether oxygens (including phenoxy) is 1. The van der Waals surface area contributed by atoms with Gasteiger partial charge in [-0.1, -0.05) is 18.2 Å². The smallest absolute Gasteiger partial charge is 0.222 e. The second-order valence-electron chi connectivity index (χ2n) is 7.20. The van der Waals surface area contributed by atoms with Crippen LogP contribution in [0.1, 0.15) is 35.6 Å². The molecule has 4 rings (SSSR count). The van der Waals surface area contributed by atoms with Crippen molar-refractivity contribution in [3.05, 3.63) is 41.1 Å². The average Bonchev–Trinajstić information content (AvgIpc) is 2.49. The van der Waals surface area contributed by atoms with Gasteiger partial charge in [0.25, 0.3) is 0 Å². The fourth-order valence-corrected chi connectivity index (χ4v) is 3.52. The molecule has 1 aromatic carbocycles. The highest BCUT2D eigenvalue weighted by Crippen LogP contribution is 2.37. The number of aromatic nitrogens is 2. The molecule has 1 aromatic heterocycles. The lowest BCUT2D eigenvalue weighted by Gasteiger charge is -2.40. The van der Waals surface area contributed by atoms with Crippen molar-refractivity contribution in [2.24, 2.45) is 0 Å². The second kappa shape index (κ2) is 6.19. The molecule has 3 N–H and O–H groups in total. The molecule has 2 aromatic rings. The van der Waals surface area contributed by atoms with Gasteiger partial charge in [0.05, 0.1) is 24.9 Å². The highest BCUT2D eigenvalue weighted by molar-refractivity contribution is 5.48. The highest BCUT2D eigenvalue weighted by Gasteiger charge is 2.33. The van der Waals surface area contributed by atoms with E-state index in [1.54, 1.807) is 0 Å². The number of para-hydroxylation sites is 1. The van der Waals surface area contributed by atoms with Crippen molar-refractivity contribution in [2.75, 3.05) is 23.7 Å². The molecule has 25 heavy (non-hydrogen) atoms. The molecule has 0 unspecified atom stereocenters. The number of benzene rings is 1. The van der Waals surface area contributed by atoms with Gasteiger partial charge in [0.2, 0.25) is 5.95 Å². The van der Waals surface area contributed by atoms with E-state index in [1.165, 1.54) is 0 Å². The number of aliphatic hydroxyl groups is 1. The first-order chi connectivity index (χ1) is 12.0. The van der Waals surface area contributed by atoms with Crippen molar-refractivity contribution in [3.63, 3.8) is 0 Å². The molecule has 0 bridgehead atoms. The Balaban J connectivity index is 1.42. The van der Waals surface area contributed by atoms with Crippen molar-refractivity contribution in [1.29, 1.82) is 0 Å². The fourth-order valence-electron chi connectivity index (χ4n) is 3.52. The van der Waals surface area contributed by atoms with E-state index in [1.807, 2.05) is 12.1 Å². The van der Waals surface area contributed by atoms with Crippen molar-refractivity contribution in [2.45, 2.75) is 44.8 Å². The van der Waals surface area contributed by atoms with Gasteiger partial charge in [0.15, 0.2) is 0 Å². The fraction of sp³-hybridized carbons (Fsp3) is 0.474. The topological polar surface area (TPSA) is 84.5 Å². The molecule has 2 heterocycles. The Hall–Kier alpha value is -2.34. The second-order valence-corrected chi connectivity index (χ2v) is 7.20. The number of aryl methyl sites for hydroxylation is 2. The number of aliphatic hydroxyl groups excluding tert-OH is 1. The predicted octanol–water partition coefficient (Wildman–Crippen LogP) is 2.18. The lowest BCUT2D eigenvalue weighted by atomic mass is 9.80. The van der Waals surface area contributed by atoms with Crippen LogP contribution in [0.2, 0.25) is 0 Å². The maximum atomic E-state index is 9.50. The third-order valence-corrected chi connectivity index (χ3v) is 5.15. The number of nitrogen functional groups attached to an aromatic ring is 1. The van der Waals surface area contributed by atoms with Gasteiger partial charge in [0.1, 0.15) is 17.7 Å². The molecule has 6 nitrogen and oxygen atoms in total. The monoisotopic (exact) mass is 340 g/mol. The Kier molecular flexibility index (Phi) is 4.00. The zero-order valence-corrected chi connectivity index (χ0v) is 14.6. The summed E-state index contributed by atoms with van der Waals surface area (Å²) in [5.74, 6) is 2.43. The van der Waals surface area contributed by atoms with E-state index in [-0.39, 0.29) is 12.2 Å². The van der Waals surface area contributed by atoms with E-state index in [4.69, 9.17) is 10.5 Å². The van der Waals surface area contributed by atoms with E-state index >= 15 is 0 Å². The standard InChI is InChI=1S/C19H24N4O2/c1-11-4-3-5-12(2)18(11)25-15-9-23(10-15)17-8-16(21-19(20)22-17)13-6-14(24)7-13/h3-5,8,13-15,24H,6-7,9-10H2,1-2H3,(H2,20,21,22). The number of rotatable bonds is 4. The van der Waals surface area contributed by atoms with Crippen molar-refractivity contribution in [1.82, 2.24) is 9.97 Å². The van der Waals surface area contributed by atoms with Gasteiger partial charge in [-0.05, 0) is 37.8 Å². The first-order valence-corrected chi connectivity index (χ1v) is 8.80. The molecule has 1 saturated carbocycles. The molecule has 0 atom stereocenters. The quantitative estimate of drug-likeness (QED) is 0.887. The summed E-state index contributed by atoms with van der Waals surface area (Å²) in [7, 11) is 0. The van der Waals surface area contributed by atoms with Gasteiger partial charge >= 0.3 is 0 Å². The normalized spacial score (nSPS) is 23.1. The molecular weight excluding hydrogens is 316 g/mol. The number of hydrogen-bond acceptors (Lipinski definition) is 6. The van der Waals surface area contributed by atoms with Gasteiger partial charge in [0, 0.05) is 12.0 Å². The van der Waals surface area contributed by atoms with E-state index in [0.29, 0.717) is 11.9 Å². The Morgan fingerprint density at radius 2 is 1.84 bits per heavy atom. The minimum absolute atomic E-state index is 0.157. The van der Waals surface area contributed by atoms with Crippen LogP contribution in [0.4, 0.5) is 11.8 Å². The third kappa shape index (κ3) is 3.14. The van der Waals surface area contributed by atoms with E-state index in [0.717, 1.165) is 54.3 Å². The van der Waals surface area contributed by atoms with Crippen LogP contribution < -0.4 is 15.4 Å². The molecule has 132 valence electrons. The first kappa shape index (κ1) is 16.1. The zero-order valence-electron chi connectivity index (χ0n) is 14.6. The average molecular weight is 340 g/mol. The van der Waals surface area contributed by atoms with Crippen LogP contribution in [0.25, 0.3) is 0 Å². The molecular formula is C19H24N4O2. The molecule has 2 fully saturated rings. The molecule has 0 spiro atoms. The number of anilines is 2. The third-order valence-electron chi connectivity index (χ3n) is 5.15. The Morgan fingerprint density at radius 3 is 2.48 bits per heavy atom. The van der Waals surface area contributed by atoms with Gasteiger partial charge in [-0.15, -0.1) is 0 Å². The maximum absolute atomic E-state index is 9.50. The van der Waals surface area contributed by atoms with Crippen LogP contribution in [-0.4, -0.2) is 40.4 Å². The number of hydrogen-bond donors (Lipinski definition) is 2. The summed E-state index contributed by atoms with van der Waals surface area (Å²) in [6.07, 6.45) is 1.47. The van der Waals surface area contributed by atoms with E-state index in [9.17, 15) is 5.11 Å². The molecule has 1 aliphatic heterocycles. The molecule has 0 radical (unpaired) electrons. The van der Waals surface area contributed by atoms with Gasteiger partial charge in [-0.25, -0.2) is 4.98 Å². The van der Waals surface area contributed by atoms with Crippen LogP contribution in [0.15, 0.2) is 24.3 Å². The Labute approximate surface area is 147 Å². The Morgan fingerprint density at radius 1 is 1.16 bits per heavy atom. The first-order valence-electron chi connectivity index (χ1n) is 8.80. The summed E-state index contributed by atoms with van der Waals surface area (Å²) < 4.78 is 6.17. The Bertz CT molecular complexity index is 763. The molecule has 0 amide bonds. The van der Waals surface area contributed by atoms with Crippen LogP contribution >= 0.6 is 0 Å². The minimum Gasteiger partial charge on any atom is -0.486 e. The van der Waals surface area contributed by atoms with Crippen LogP contribution in [0, 0.1) is 13.8 Å². The van der Waals surface area contributed by atoms with Crippen molar-refractivity contribution < 1.29 is 9.84 Å². The van der Waals surface area contributed by atoms with Gasteiger partial charge < -0.3 is 20.5 Å². The molecule has 2 aliphatic rings. The predicted molar refractivity (Wildman–Crippen MR) is 97.0 cm³/mol. The van der Waals surface area contributed by atoms with Crippen LogP contribution in [0.3, 0.4) is 0 Å². The largest absolute Gasteiger partial charge is 0.486 e. The zero-order chi connectivity index (χ0) is 17.6.